The van der Waals surface area contributed by atoms with Gasteiger partial charge in [0.1, 0.15) is 0 Å². The van der Waals surface area contributed by atoms with Crippen LogP contribution in [0.2, 0.25) is 0 Å². The Balaban J connectivity index is 1.78. The van der Waals surface area contributed by atoms with Gasteiger partial charge in [-0.1, -0.05) is 6.42 Å². The molecule has 2 aromatic rings. The van der Waals surface area contributed by atoms with Gasteiger partial charge in [0.15, 0.2) is 0 Å². The van der Waals surface area contributed by atoms with Crippen LogP contribution < -0.4 is 5.32 Å². The van der Waals surface area contributed by atoms with E-state index in [1.807, 2.05) is 24.7 Å². The summed E-state index contributed by atoms with van der Waals surface area (Å²) in [5, 5.41) is 11.6. The molecule has 1 aliphatic heterocycles. The van der Waals surface area contributed by atoms with Gasteiger partial charge in [0, 0.05) is 18.4 Å². The van der Waals surface area contributed by atoms with Gasteiger partial charge in [0.25, 0.3) is 0 Å². The van der Waals surface area contributed by atoms with Crippen molar-refractivity contribution in [3.8, 4) is 0 Å². The fourth-order valence-corrected chi connectivity index (χ4v) is 2.45. The van der Waals surface area contributed by atoms with Crippen molar-refractivity contribution >= 4 is 0 Å². The van der Waals surface area contributed by atoms with E-state index in [1.165, 1.54) is 25.0 Å². The molecule has 5 heteroatoms. The lowest BCUT2D eigenvalue weighted by molar-refractivity contribution is 0.395. The summed E-state index contributed by atoms with van der Waals surface area (Å²) in [6.45, 7) is 1.84. The van der Waals surface area contributed by atoms with Gasteiger partial charge in [-0.2, -0.15) is 10.2 Å². The zero-order valence-electron chi connectivity index (χ0n) is 10.3. The number of piperidine rings is 1. The van der Waals surface area contributed by atoms with Gasteiger partial charge < -0.3 is 9.88 Å². The molecular weight excluding hydrogens is 226 g/mol. The molecule has 0 radical (unpaired) electrons. The van der Waals surface area contributed by atoms with Crippen molar-refractivity contribution in [3.63, 3.8) is 0 Å². The summed E-state index contributed by atoms with van der Waals surface area (Å²) in [7, 11) is 0. The number of nitrogens with one attached hydrogen (secondary N) is 1. The maximum Gasteiger partial charge on any atom is 0.0952 e. The van der Waals surface area contributed by atoms with Gasteiger partial charge in [-0.25, -0.2) is 4.98 Å². The van der Waals surface area contributed by atoms with Crippen molar-refractivity contribution in [1.29, 1.82) is 0 Å². The topological polar surface area (TPSA) is 55.6 Å². The summed E-state index contributed by atoms with van der Waals surface area (Å²) in [5.74, 6) is 0. The van der Waals surface area contributed by atoms with Crippen LogP contribution in [0, 0.1) is 0 Å². The molecule has 0 amide bonds. The van der Waals surface area contributed by atoms with E-state index in [2.05, 4.69) is 25.1 Å². The lowest BCUT2D eigenvalue weighted by Gasteiger charge is -2.24. The predicted octanol–water partition coefficient (Wildman–Crippen LogP) is 1.54. The van der Waals surface area contributed by atoms with Gasteiger partial charge in [-0.05, 0) is 31.5 Å². The molecule has 94 valence electrons. The van der Waals surface area contributed by atoms with Crippen LogP contribution in [0.5, 0.6) is 0 Å². The van der Waals surface area contributed by atoms with E-state index in [4.69, 9.17) is 0 Å². The van der Waals surface area contributed by atoms with Crippen LogP contribution in [-0.2, 0) is 6.54 Å². The molecular formula is C13H17N5. The number of rotatable bonds is 3. The van der Waals surface area contributed by atoms with Crippen LogP contribution >= 0.6 is 0 Å². The van der Waals surface area contributed by atoms with Crippen molar-refractivity contribution in [3.05, 3.63) is 42.2 Å². The zero-order valence-corrected chi connectivity index (χ0v) is 10.3. The number of aromatic nitrogens is 4. The Labute approximate surface area is 106 Å². The molecule has 1 unspecified atom stereocenters. The highest BCUT2D eigenvalue weighted by atomic mass is 15.1. The third kappa shape index (κ3) is 2.41. The molecule has 2 aromatic heterocycles. The van der Waals surface area contributed by atoms with Gasteiger partial charge in [0.05, 0.1) is 24.3 Å². The number of nitrogens with zero attached hydrogens (tertiary/aromatic N) is 4. The maximum absolute atomic E-state index is 4.27. The Morgan fingerprint density at radius 3 is 3.17 bits per heavy atom. The molecule has 1 atom stereocenters. The third-order valence-electron chi connectivity index (χ3n) is 3.37. The number of hydrogen-bond donors (Lipinski definition) is 1. The van der Waals surface area contributed by atoms with Gasteiger partial charge in [-0.15, -0.1) is 0 Å². The Morgan fingerprint density at radius 1 is 1.39 bits per heavy atom. The summed E-state index contributed by atoms with van der Waals surface area (Å²) in [6.07, 6.45) is 9.27. The summed E-state index contributed by atoms with van der Waals surface area (Å²) >= 11 is 0. The second-order valence-electron chi connectivity index (χ2n) is 4.66. The molecule has 3 heterocycles. The fraction of sp³-hybridized carbons (Fsp3) is 0.462. The number of hydrogen-bond acceptors (Lipinski definition) is 4. The minimum atomic E-state index is 0.429. The van der Waals surface area contributed by atoms with Gasteiger partial charge in [-0.3, -0.25) is 0 Å². The standard InChI is InChI=1S/C13H17N5/c1-2-6-15-12(5-1)13-8-14-10-18(13)9-11-4-3-7-16-17-11/h3-4,7-8,10,12,15H,1-2,5-6,9H2. The lowest BCUT2D eigenvalue weighted by atomic mass is 10.0. The van der Waals surface area contributed by atoms with Crippen LogP contribution in [0.3, 0.4) is 0 Å². The summed E-state index contributed by atoms with van der Waals surface area (Å²) in [4.78, 5) is 4.27. The van der Waals surface area contributed by atoms with Crippen molar-refractivity contribution in [2.75, 3.05) is 6.54 Å². The SMILES string of the molecule is c1cnnc(Cn2cncc2C2CCCCN2)c1. The quantitative estimate of drug-likeness (QED) is 0.888. The molecule has 1 aliphatic rings. The minimum absolute atomic E-state index is 0.429. The second kappa shape index (κ2) is 5.27. The number of imidazole rings is 1. The molecule has 0 bridgehead atoms. The summed E-state index contributed by atoms with van der Waals surface area (Å²) < 4.78 is 2.16. The summed E-state index contributed by atoms with van der Waals surface area (Å²) in [6, 6.07) is 4.33. The highest BCUT2D eigenvalue weighted by molar-refractivity contribution is 5.09. The monoisotopic (exact) mass is 243 g/mol. The van der Waals surface area contributed by atoms with E-state index >= 15 is 0 Å². The molecule has 1 N–H and O–H groups in total. The molecule has 3 rings (SSSR count). The summed E-state index contributed by atoms with van der Waals surface area (Å²) in [5.41, 5.74) is 2.22. The van der Waals surface area contributed by atoms with Crippen LogP contribution in [-0.4, -0.2) is 26.3 Å². The van der Waals surface area contributed by atoms with Crippen LogP contribution in [0.4, 0.5) is 0 Å². The lowest BCUT2D eigenvalue weighted by Crippen LogP contribution is -2.28. The first kappa shape index (κ1) is 11.3. The fourth-order valence-electron chi connectivity index (χ4n) is 2.45. The van der Waals surface area contributed by atoms with Crippen molar-refractivity contribution in [1.82, 2.24) is 25.1 Å². The molecule has 5 nitrogen and oxygen atoms in total. The average molecular weight is 243 g/mol. The first-order valence-electron chi connectivity index (χ1n) is 6.43. The van der Waals surface area contributed by atoms with E-state index in [-0.39, 0.29) is 0 Å². The molecule has 0 spiro atoms. The van der Waals surface area contributed by atoms with Crippen molar-refractivity contribution in [2.45, 2.75) is 31.8 Å². The molecule has 0 aromatic carbocycles. The molecule has 18 heavy (non-hydrogen) atoms. The third-order valence-corrected chi connectivity index (χ3v) is 3.37. The van der Waals surface area contributed by atoms with Gasteiger partial charge >= 0.3 is 0 Å². The Kier molecular flexibility index (Phi) is 3.32. The Bertz CT molecular complexity index is 487. The van der Waals surface area contributed by atoms with E-state index < -0.39 is 0 Å². The van der Waals surface area contributed by atoms with Crippen molar-refractivity contribution < 1.29 is 0 Å². The van der Waals surface area contributed by atoms with E-state index in [0.717, 1.165) is 18.8 Å². The maximum atomic E-state index is 4.27. The van der Waals surface area contributed by atoms with Crippen LogP contribution in [0.25, 0.3) is 0 Å². The first-order chi connectivity index (χ1) is 8.93. The van der Waals surface area contributed by atoms with Crippen LogP contribution in [0.1, 0.15) is 36.7 Å². The highest BCUT2D eigenvalue weighted by Gasteiger charge is 2.18. The predicted molar refractivity (Wildman–Crippen MR) is 68.0 cm³/mol. The minimum Gasteiger partial charge on any atom is -0.327 e. The first-order valence-corrected chi connectivity index (χ1v) is 6.43. The Morgan fingerprint density at radius 2 is 2.39 bits per heavy atom. The second-order valence-corrected chi connectivity index (χ2v) is 4.66. The van der Waals surface area contributed by atoms with Crippen molar-refractivity contribution in [2.24, 2.45) is 0 Å². The van der Waals surface area contributed by atoms with E-state index in [0.29, 0.717) is 6.04 Å². The molecule has 1 saturated heterocycles. The Hall–Kier alpha value is -1.75. The van der Waals surface area contributed by atoms with E-state index in [1.54, 1.807) is 6.20 Å². The normalized spacial score (nSPS) is 19.9. The highest BCUT2D eigenvalue weighted by Crippen LogP contribution is 2.22. The smallest absolute Gasteiger partial charge is 0.0952 e. The van der Waals surface area contributed by atoms with Gasteiger partial charge in [0.2, 0.25) is 0 Å². The molecule has 0 aliphatic carbocycles. The van der Waals surface area contributed by atoms with Crippen LogP contribution in [0.15, 0.2) is 30.9 Å². The van der Waals surface area contributed by atoms with E-state index in [9.17, 15) is 0 Å². The molecule has 0 saturated carbocycles. The average Bonchev–Trinajstić information content (AvgIpc) is 2.89. The molecule has 1 fully saturated rings. The largest absolute Gasteiger partial charge is 0.327 e. The zero-order chi connectivity index (χ0) is 12.2.